The zero-order chi connectivity index (χ0) is 14.4. The first kappa shape index (κ1) is 14.3. The van der Waals surface area contributed by atoms with E-state index in [1.165, 1.54) is 0 Å². The number of hydrogen-bond donors (Lipinski definition) is 2. The van der Waals surface area contributed by atoms with Crippen molar-refractivity contribution in [2.75, 3.05) is 6.54 Å². The van der Waals surface area contributed by atoms with Crippen LogP contribution in [0.4, 0.5) is 0 Å². The van der Waals surface area contributed by atoms with Crippen LogP contribution in [0.25, 0.3) is 0 Å². The van der Waals surface area contributed by atoms with Crippen molar-refractivity contribution in [1.29, 1.82) is 0 Å². The lowest BCUT2D eigenvalue weighted by molar-refractivity contribution is 0.0951. The molecular weight excluding hydrogens is 270 g/mol. The number of hydrogen-bond acceptors (Lipinski definition) is 4. The summed E-state index contributed by atoms with van der Waals surface area (Å²) in [6.07, 6.45) is 0. The molecule has 0 aliphatic heterocycles. The van der Waals surface area contributed by atoms with Crippen molar-refractivity contribution in [3.8, 4) is 11.8 Å². The summed E-state index contributed by atoms with van der Waals surface area (Å²) in [5.41, 5.74) is 7.74. The van der Waals surface area contributed by atoms with E-state index >= 15 is 0 Å². The molecule has 20 heavy (non-hydrogen) atoms. The van der Waals surface area contributed by atoms with Crippen LogP contribution in [0.2, 0.25) is 0 Å². The average Bonchev–Trinajstić information content (AvgIpc) is 2.89. The Morgan fingerprint density at radius 2 is 2.15 bits per heavy atom. The molecule has 1 aromatic heterocycles. The van der Waals surface area contributed by atoms with Gasteiger partial charge in [-0.3, -0.25) is 4.79 Å². The standard InChI is InChI=1S/C15H15N3OS/c1-11-10-20-14(18-11)9-17-15(19)13-6-4-12(5-7-13)3-2-8-16/h4-7,10H,8-9,16H2,1H3,(H,17,19). The Morgan fingerprint density at radius 3 is 2.75 bits per heavy atom. The molecule has 0 aliphatic rings. The molecule has 4 nitrogen and oxygen atoms in total. The van der Waals surface area contributed by atoms with Gasteiger partial charge >= 0.3 is 0 Å². The summed E-state index contributed by atoms with van der Waals surface area (Å²) in [5.74, 6) is 5.57. The van der Waals surface area contributed by atoms with E-state index in [4.69, 9.17) is 5.73 Å². The quantitative estimate of drug-likeness (QED) is 0.843. The Bertz CT molecular complexity index is 650. The summed E-state index contributed by atoms with van der Waals surface area (Å²) < 4.78 is 0. The van der Waals surface area contributed by atoms with E-state index in [1.54, 1.807) is 23.5 Å². The van der Waals surface area contributed by atoms with Crippen molar-refractivity contribution in [2.24, 2.45) is 5.73 Å². The highest BCUT2D eigenvalue weighted by Crippen LogP contribution is 2.09. The molecule has 5 heteroatoms. The van der Waals surface area contributed by atoms with E-state index in [1.807, 2.05) is 24.4 Å². The first-order chi connectivity index (χ1) is 9.69. The molecule has 0 bridgehead atoms. The lowest BCUT2D eigenvalue weighted by Crippen LogP contribution is -2.22. The van der Waals surface area contributed by atoms with Crippen molar-refractivity contribution in [3.05, 3.63) is 51.5 Å². The van der Waals surface area contributed by atoms with Gasteiger partial charge in [0.25, 0.3) is 5.91 Å². The summed E-state index contributed by atoms with van der Waals surface area (Å²) >= 11 is 1.54. The van der Waals surface area contributed by atoms with Gasteiger partial charge in [-0.25, -0.2) is 4.98 Å². The van der Waals surface area contributed by atoms with E-state index in [9.17, 15) is 4.79 Å². The fourth-order valence-corrected chi connectivity index (χ4v) is 2.31. The van der Waals surface area contributed by atoms with Gasteiger partial charge in [0.05, 0.1) is 13.1 Å². The second-order valence-corrected chi connectivity index (χ2v) is 5.09. The smallest absolute Gasteiger partial charge is 0.251 e. The van der Waals surface area contributed by atoms with E-state index < -0.39 is 0 Å². The topological polar surface area (TPSA) is 68.0 Å². The second-order valence-electron chi connectivity index (χ2n) is 4.15. The molecule has 0 spiro atoms. The molecular formula is C15H15N3OS. The van der Waals surface area contributed by atoms with Gasteiger partial charge in [-0.05, 0) is 31.2 Å². The Labute approximate surface area is 122 Å². The molecule has 0 saturated carbocycles. The predicted molar refractivity (Wildman–Crippen MR) is 80.4 cm³/mol. The van der Waals surface area contributed by atoms with Crippen LogP contribution >= 0.6 is 11.3 Å². The average molecular weight is 285 g/mol. The first-order valence-corrected chi connectivity index (χ1v) is 7.05. The van der Waals surface area contributed by atoms with Gasteiger partial charge in [0.1, 0.15) is 5.01 Å². The molecule has 102 valence electrons. The molecule has 0 saturated heterocycles. The van der Waals surface area contributed by atoms with Crippen LogP contribution in [0.5, 0.6) is 0 Å². The second kappa shape index (κ2) is 6.85. The zero-order valence-corrected chi connectivity index (χ0v) is 12.0. The molecule has 0 aliphatic carbocycles. The van der Waals surface area contributed by atoms with Gasteiger partial charge in [-0.1, -0.05) is 11.8 Å². The minimum atomic E-state index is -0.115. The monoisotopic (exact) mass is 285 g/mol. The van der Waals surface area contributed by atoms with Crippen LogP contribution in [0.15, 0.2) is 29.6 Å². The molecule has 2 rings (SSSR count). The molecule has 0 atom stereocenters. The van der Waals surface area contributed by atoms with Gasteiger partial charge in [0.15, 0.2) is 0 Å². The third kappa shape index (κ3) is 3.92. The lowest BCUT2D eigenvalue weighted by atomic mass is 10.1. The van der Waals surface area contributed by atoms with E-state index in [-0.39, 0.29) is 5.91 Å². The Hall–Kier alpha value is -2.16. The Morgan fingerprint density at radius 1 is 1.40 bits per heavy atom. The SMILES string of the molecule is Cc1csc(CNC(=O)c2ccc(C#CCN)cc2)n1. The molecule has 0 radical (unpaired) electrons. The maximum atomic E-state index is 12.0. The van der Waals surface area contributed by atoms with Crippen LogP contribution in [0, 0.1) is 18.8 Å². The maximum Gasteiger partial charge on any atom is 0.251 e. The number of carbonyl (C=O) groups is 1. The minimum absolute atomic E-state index is 0.115. The van der Waals surface area contributed by atoms with Crippen molar-refractivity contribution >= 4 is 17.2 Å². The summed E-state index contributed by atoms with van der Waals surface area (Å²) in [6.45, 7) is 2.71. The number of nitrogens with one attached hydrogen (secondary N) is 1. The number of carbonyl (C=O) groups excluding carboxylic acids is 1. The highest BCUT2D eigenvalue weighted by Gasteiger charge is 2.06. The third-order valence-corrected chi connectivity index (χ3v) is 3.52. The molecule has 3 N–H and O–H groups in total. The van der Waals surface area contributed by atoms with Crippen LogP contribution in [-0.4, -0.2) is 17.4 Å². The molecule has 1 heterocycles. The number of thiazole rings is 1. The van der Waals surface area contributed by atoms with Gasteiger partial charge in [-0.15, -0.1) is 11.3 Å². The summed E-state index contributed by atoms with van der Waals surface area (Å²) in [6, 6.07) is 7.13. The first-order valence-electron chi connectivity index (χ1n) is 6.17. The van der Waals surface area contributed by atoms with Crippen LogP contribution in [0.1, 0.15) is 26.6 Å². The van der Waals surface area contributed by atoms with Crippen molar-refractivity contribution in [3.63, 3.8) is 0 Å². The molecule has 0 unspecified atom stereocenters. The van der Waals surface area contributed by atoms with Gasteiger partial charge < -0.3 is 11.1 Å². The Balaban J connectivity index is 1.95. The van der Waals surface area contributed by atoms with Gasteiger partial charge in [0, 0.05) is 22.2 Å². The van der Waals surface area contributed by atoms with Crippen molar-refractivity contribution in [1.82, 2.24) is 10.3 Å². The summed E-state index contributed by atoms with van der Waals surface area (Å²) in [4.78, 5) is 16.3. The fourth-order valence-electron chi connectivity index (χ4n) is 1.60. The maximum absolute atomic E-state index is 12.0. The van der Waals surface area contributed by atoms with Crippen LogP contribution in [0.3, 0.4) is 0 Å². The summed E-state index contributed by atoms with van der Waals surface area (Å²) in [7, 11) is 0. The number of nitrogens with two attached hydrogens (primary N) is 1. The van der Waals surface area contributed by atoms with E-state index in [2.05, 4.69) is 22.1 Å². The number of benzene rings is 1. The Kier molecular flexibility index (Phi) is 4.88. The molecule has 1 amide bonds. The molecule has 2 aromatic rings. The summed E-state index contributed by atoms with van der Waals surface area (Å²) in [5, 5.41) is 5.71. The lowest BCUT2D eigenvalue weighted by Gasteiger charge is -2.03. The third-order valence-electron chi connectivity index (χ3n) is 2.55. The normalized spacial score (nSPS) is 9.70. The zero-order valence-electron chi connectivity index (χ0n) is 11.1. The highest BCUT2D eigenvalue weighted by atomic mass is 32.1. The number of amides is 1. The van der Waals surface area contributed by atoms with Gasteiger partial charge in [-0.2, -0.15) is 0 Å². The number of aryl methyl sites for hydroxylation is 1. The fraction of sp³-hybridized carbons (Fsp3) is 0.200. The molecule has 1 aromatic carbocycles. The van der Waals surface area contributed by atoms with Crippen LogP contribution < -0.4 is 11.1 Å². The van der Waals surface area contributed by atoms with Crippen molar-refractivity contribution < 1.29 is 4.79 Å². The van der Waals surface area contributed by atoms with E-state index in [0.717, 1.165) is 16.3 Å². The number of aromatic nitrogens is 1. The minimum Gasteiger partial charge on any atom is -0.346 e. The molecule has 0 fully saturated rings. The van der Waals surface area contributed by atoms with Crippen molar-refractivity contribution in [2.45, 2.75) is 13.5 Å². The number of rotatable bonds is 3. The van der Waals surface area contributed by atoms with Gasteiger partial charge in [0.2, 0.25) is 0 Å². The predicted octanol–water partition coefficient (Wildman–Crippen LogP) is 1.69. The number of nitrogens with zero attached hydrogens (tertiary/aromatic N) is 1. The van der Waals surface area contributed by atoms with Crippen LogP contribution in [-0.2, 0) is 6.54 Å². The van der Waals surface area contributed by atoms with E-state index in [0.29, 0.717) is 18.7 Å². The highest BCUT2D eigenvalue weighted by molar-refractivity contribution is 7.09. The largest absolute Gasteiger partial charge is 0.346 e.